The normalized spacial score (nSPS) is 23.5. The maximum absolute atomic E-state index is 4.57. The first-order valence-electron chi connectivity index (χ1n) is 6.73. The van der Waals surface area contributed by atoms with Crippen molar-refractivity contribution in [2.45, 2.75) is 18.4 Å². The topological polar surface area (TPSA) is 41.1 Å². The van der Waals surface area contributed by atoms with Gasteiger partial charge in [-0.3, -0.25) is 0 Å². The van der Waals surface area contributed by atoms with Gasteiger partial charge in [0.05, 0.1) is 6.04 Å². The summed E-state index contributed by atoms with van der Waals surface area (Å²) in [7, 11) is 1.85. The molecule has 2 bridgehead atoms. The van der Waals surface area contributed by atoms with Crippen molar-refractivity contribution >= 4 is 11.8 Å². The minimum atomic E-state index is 0.487. The monoisotopic (exact) mass is 252 g/mol. The Labute approximate surface area is 112 Å². The standard InChI is InChI=1S/C15H16N4/c1-16-15-17-7-6-14(18-15)19-9-10-8-13(19)12-5-3-2-4-11(10)12/h2-7,10,13H,8-9H2,1H3,(H,16,17,18)/t10-,13+/m1/s1. The molecular formula is C15H16N4. The van der Waals surface area contributed by atoms with E-state index in [9.17, 15) is 0 Å². The van der Waals surface area contributed by atoms with Crippen molar-refractivity contribution in [3.63, 3.8) is 0 Å². The van der Waals surface area contributed by atoms with E-state index in [-0.39, 0.29) is 0 Å². The van der Waals surface area contributed by atoms with E-state index in [1.807, 2.05) is 19.3 Å². The van der Waals surface area contributed by atoms with Gasteiger partial charge in [0.15, 0.2) is 0 Å². The highest BCUT2D eigenvalue weighted by Gasteiger charge is 2.42. The molecule has 1 aromatic carbocycles. The van der Waals surface area contributed by atoms with Crippen LogP contribution in [0.3, 0.4) is 0 Å². The molecule has 96 valence electrons. The molecule has 4 heteroatoms. The van der Waals surface area contributed by atoms with E-state index >= 15 is 0 Å². The minimum Gasteiger partial charge on any atom is -0.357 e. The molecule has 0 amide bonds. The average molecular weight is 252 g/mol. The number of rotatable bonds is 2. The van der Waals surface area contributed by atoms with Crippen LogP contribution in [-0.4, -0.2) is 23.6 Å². The van der Waals surface area contributed by atoms with Crippen molar-refractivity contribution in [3.05, 3.63) is 47.7 Å². The predicted octanol–water partition coefficient (Wildman–Crippen LogP) is 2.57. The summed E-state index contributed by atoms with van der Waals surface area (Å²) in [4.78, 5) is 11.2. The van der Waals surface area contributed by atoms with Crippen LogP contribution < -0.4 is 10.2 Å². The molecule has 0 unspecified atom stereocenters. The molecule has 0 radical (unpaired) electrons. The Morgan fingerprint density at radius 2 is 2.05 bits per heavy atom. The fourth-order valence-corrected chi connectivity index (χ4v) is 3.43. The van der Waals surface area contributed by atoms with Crippen molar-refractivity contribution in [2.75, 3.05) is 23.8 Å². The average Bonchev–Trinajstić information content (AvgIpc) is 3.07. The molecule has 19 heavy (non-hydrogen) atoms. The fraction of sp³-hybridized carbons (Fsp3) is 0.333. The second-order valence-corrected chi connectivity index (χ2v) is 5.22. The summed E-state index contributed by atoms with van der Waals surface area (Å²) in [5.74, 6) is 2.38. The number of nitrogens with zero attached hydrogens (tertiary/aromatic N) is 3. The smallest absolute Gasteiger partial charge is 0.224 e. The lowest BCUT2D eigenvalue weighted by molar-refractivity contribution is 0.729. The van der Waals surface area contributed by atoms with Crippen LogP contribution in [0.4, 0.5) is 11.8 Å². The van der Waals surface area contributed by atoms with Crippen molar-refractivity contribution in [1.82, 2.24) is 9.97 Å². The lowest BCUT2D eigenvalue weighted by atomic mass is 9.99. The van der Waals surface area contributed by atoms with Gasteiger partial charge >= 0.3 is 0 Å². The molecule has 2 atom stereocenters. The van der Waals surface area contributed by atoms with Crippen LogP contribution in [0.25, 0.3) is 0 Å². The Hall–Kier alpha value is -2.10. The lowest BCUT2D eigenvalue weighted by Gasteiger charge is -2.30. The van der Waals surface area contributed by atoms with Crippen molar-refractivity contribution in [2.24, 2.45) is 0 Å². The summed E-state index contributed by atoms with van der Waals surface area (Å²) in [6.07, 6.45) is 3.05. The Balaban J connectivity index is 1.73. The lowest BCUT2D eigenvalue weighted by Crippen LogP contribution is -2.28. The van der Waals surface area contributed by atoms with E-state index in [0.717, 1.165) is 12.4 Å². The number of anilines is 2. The van der Waals surface area contributed by atoms with Crippen LogP contribution in [0.5, 0.6) is 0 Å². The van der Waals surface area contributed by atoms with Crippen molar-refractivity contribution < 1.29 is 0 Å². The van der Waals surface area contributed by atoms with E-state index in [2.05, 4.69) is 44.5 Å². The summed E-state index contributed by atoms with van der Waals surface area (Å²) in [5, 5.41) is 3.01. The Kier molecular flexibility index (Phi) is 2.24. The molecule has 1 aromatic heterocycles. The Bertz CT molecular complexity index is 625. The van der Waals surface area contributed by atoms with E-state index in [1.54, 1.807) is 0 Å². The van der Waals surface area contributed by atoms with Crippen molar-refractivity contribution in [1.29, 1.82) is 0 Å². The zero-order valence-electron chi connectivity index (χ0n) is 10.9. The van der Waals surface area contributed by atoms with Crippen LogP contribution in [0, 0.1) is 0 Å². The summed E-state index contributed by atoms with van der Waals surface area (Å²) in [5.41, 5.74) is 3.01. The van der Waals surface area contributed by atoms with Gasteiger partial charge in [-0.2, -0.15) is 4.98 Å². The van der Waals surface area contributed by atoms with Crippen LogP contribution in [0.15, 0.2) is 36.5 Å². The number of hydrogen-bond donors (Lipinski definition) is 1. The number of nitrogens with one attached hydrogen (secondary N) is 1. The number of fused-ring (bicyclic) bond motifs is 5. The largest absolute Gasteiger partial charge is 0.357 e. The van der Waals surface area contributed by atoms with E-state index in [1.165, 1.54) is 17.5 Å². The first kappa shape index (κ1) is 10.8. The Morgan fingerprint density at radius 3 is 2.89 bits per heavy atom. The second kappa shape index (κ2) is 3.95. The highest BCUT2D eigenvalue weighted by Crippen LogP contribution is 2.51. The quantitative estimate of drug-likeness (QED) is 0.892. The summed E-state index contributed by atoms with van der Waals surface area (Å²) < 4.78 is 0. The first-order valence-corrected chi connectivity index (χ1v) is 6.73. The zero-order valence-corrected chi connectivity index (χ0v) is 10.9. The molecule has 4 rings (SSSR count). The number of hydrogen-bond acceptors (Lipinski definition) is 4. The fourth-order valence-electron chi connectivity index (χ4n) is 3.43. The highest BCUT2D eigenvalue weighted by molar-refractivity contribution is 5.54. The van der Waals surface area contributed by atoms with Gasteiger partial charge in [-0.05, 0) is 23.6 Å². The maximum Gasteiger partial charge on any atom is 0.224 e. The highest BCUT2D eigenvalue weighted by atomic mass is 15.3. The van der Waals surface area contributed by atoms with Crippen LogP contribution in [0.1, 0.15) is 29.5 Å². The molecule has 1 fully saturated rings. The molecule has 2 heterocycles. The molecule has 1 saturated heterocycles. The first-order chi connectivity index (χ1) is 9.36. The van der Waals surface area contributed by atoms with Gasteiger partial charge < -0.3 is 10.2 Å². The van der Waals surface area contributed by atoms with Gasteiger partial charge in [-0.15, -0.1) is 0 Å². The van der Waals surface area contributed by atoms with E-state index in [0.29, 0.717) is 17.9 Å². The SMILES string of the molecule is CNc1nccc(N2C[C@H]3C[C@H]2c2ccccc23)n1. The number of aromatic nitrogens is 2. The van der Waals surface area contributed by atoms with Gasteiger partial charge in [0.1, 0.15) is 5.82 Å². The molecule has 1 N–H and O–H groups in total. The Morgan fingerprint density at radius 1 is 1.21 bits per heavy atom. The minimum absolute atomic E-state index is 0.487. The molecule has 1 aliphatic carbocycles. The van der Waals surface area contributed by atoms with Gasteiger partial charge in [0.2, 0.25) is 5.95 Å². The second-order valence-electron chi connectivity index (χ2n) is 5.22. The van der Waals surface area contributed by atoms with Crippen molar-refractivity contribution in [3.8, 4) is 0 Å². The third-order valence-electron chi connectivity index (χ3n) is 4.25. The van der Waals surface area contributed by atoms with E-state index < -0.39 is 0 Å². The number of benzene rings is 1. The summed E-state index contributed by atoms with van der Waals surface area (Å²) in [6, 6.07) is 11.3. The third-order valence-corrected chi connectivity index (χ3v) is 4.25. The zero-order chi connectivity index (χ0) is 12.8. The van der Waals surface area contributed by atoms with Gasteiger partial charge in [0, 0.05) is 25.7 Å². The maximum atomic E-state index is 4.57. The molecule has 2 aliphatic rings. The van der Waals surface area contributed by atoms with Crippen LogP contribution in [0.2, 0.25) is 0 Å². The summed E-state index contributed by atoms with van der Waals surface area (Å²) >= 11 is 0. The van der Waals surface area contributed by atoms with Crippen LogP contribution >= 0.6 is 0 Å². The van der Waals surface area contributed by atoms with Crippen LogP contribution in [-0.2, 0) is 0 Å². The van der Waals surface area contributed by atoms with Gasteiger partial charge in [-0.1, -0.05) is 24.3 Å². The molecular weight excluding hydrogens is 236 g/mol. The van der Waals surface area contributed by atoms with E-state index in [4.69, 9.17) is 0 Å². The molecule has 0 saturated carbocycles. The van der Waals surface area contributed by atoms with Gasteiger partial charge in [0.25, 0.3) is 0 Å². The predicted molar refractivity (Wildman–Crippen MR) is 75.5 cm³/mol. The molecule has 0 spiro atoms. The third kappa shape index (κ3) is 1.52. The molecule has 4 nitrogen and oxygen atoms in total. The molecule has 1 aliphatic heterocycles. The summed E-state index contributed by atoms with van der Waals surface area (Å²) in [6.45, 7) is 1.07. The molecule has 2 aromatic rings. The van der Waals surface area contributed by atoms with Gasteiger partial charge in [-0.25, -0.2) is 4.98 Å².